The monoisotopic (exact) mass is 509 g/mol. The topological polar surface area (TPSA) is 93.4 Å². The zero-order chi connectivity index (χ0) is 25.2. The van der Waals surface area contributed by atoms with Crippen molar-refractivity contribution in [2.45, 2.75) is 31.9 Å². The Kier molecular flexibility index (Phi) is 6.84. The normalized spacial score (nSPS) is 14.9. The summed E-state index contributed by atoms with van der Waals surface area (Å²) >= 11 is 5.83. The Morgan fingerprint density at radius 2 is 1.97 bits per heavy atom. The highest BCUT2D eigenvalue weighted by atomic mass is 35.5. The molecule has 10 heteroatoms. The largest absolute Gasteiger partial charge is 0.478 e. The van der Waals surface area contributed by atoms with Gasteiger partial charge in [-0.05, 0) is 48.7 Å². The van der Waals surface area contributed by atoms with E-state index in [0.29, 0.717) is 34.4 Å². The molecule has 2 aromatic carbocycles. The van der Waals surface area contributed by atoms with Crippen LogP contribution in [0.4, 0.5) is 4.39 Å². The van der Waals surface area contributed by atoms with Gasteiger partial charge in [0, 0.05) is 43.8 Å². The molecular weight excluding hydrogens is 485 g/mol. The number of benzene rings is 2. The molecule has 0 spiro atoms. The number of aromatic carboxylic acids is 1. The second-order valence-electron chi connectivity index (χ2n) is 8.91. The fraction of sp³-hybridized carbons (Fsp3) is 0.308. The van der Waals surface area contributed by atoms with Crippen LogP contribution in [0.2, 0.25) is 5.02 Å². The van der Waals surface area contributed by atoms with Gasteiger partial charge in [-0.25, -0.2) is 19.2 Å². The number of imidazole rings is 1. The predicted octanol–water partition coefficient (Wildman–Crippen LogP) is 4.49. The van der Waals surface area contributed by atoms with Gasteiger partial charge in [0.05, 0.1) is 23.1 Å². The maximum atomic E-state index is 14.1. The van der Waals surface area contributed by atoms with Gasteiger partial charge >= 0.3 is 5.97 Å². The van der Waals surface area contributed by atoms with E-state index in [9.17, 15) is 14.3 Å². The molecule has 0 amide bonds. The Morgan fingerprint density at radius 3 is 2.72 bits per heavy atom. The Balaban J connectivity index is 1.18. The van der Waals surface area contributed by atoms with Gasteiger partial charge < -0.3 is 14.4 Å². The van der Waals surface area contributed by atoms with E-state index in [-0.39, 0.29) is 23.9 Å². The van der Waals surface area contributed by atoms with Crippen LogP contribution in [0.5, 0.6) is 5.88 Å². The Bertz CT molecular complexity index is 1420. The first-order chi connectivity index (χ1) is 17.4. The Hall–Kier alpha value is -3.56. The van der Waals surface area contributed by atoms with Crippen LogP contribution in [0.3, 0.4) is 0 Å². The van der Waals surface area contributed by atoms with E-state index >= 15 is 0 Å². The summed E-state index contributed by atoms with van der Waals surface area (Å²) in [6.07, 6.45) is 3.57. The van der Waals surface area contributed by atoms with Gasteiger partial charge in [-0.2, -0.15) is 4.98 Å². The number of hydrogen-bond donors (Lipinski definition) is 1. The number of carbonyl (C=O) groups is 1. The maximum absolute atomic E-state index is 14.1. The molecule has 0 unspecified atom stereocenters. The standard InChI is InChI=1S/C26H25ClFN5O3/c1-32-22-5-3-17(26(34)35)12-21(22)30-24(32)15-33-10-7-19(8-11-33)36-25-6-9-29-23(31-25)13-16-2-4-18(27)14-20(16)28/h2-6,9,12,14,19H,7-8,10-11,13,15H2,1H3,(H,34,35). The zero-order valence-electron chi connectivity index (χ0n) is 19.7. The lowest BCUT2D eigenvalue weighted by atomic mass is 10.1. The number of ether oxygens (including phenoxy) is 1. The molecule has 3 heterocycles. The first-order valence-electron chi connectivity index (χ1n) is 11.7. The third-order valence-corrected chi connectivity index (χ3v) is 6.69. The van der Waals surface area contributed by atoms with E-state index in [4.69, 9.17) is 16.3 Å². The molecule has 0 atom stereocenters. The van der Waals surface area contributed by atoms with Crippen molar-refractivity contribution in [3.05, 3.63) is 82.3 Å². The van der Waals surface area contributed by atoms with Gasteiger partial charge in [-0.3, -0.25) is 4.90 Å². The minimum absolute atomic E-state index is 0.0230. The molecule has 1 fully saturated rings. The lowest BCUT2D eigenvalue weighted by Crippen LogP contribution is -2.38. The summed E-state index contributed by atoms with van der Waals surface area (Å²) in [7, 11) is 1.95. The van der Waals surface area contributed by atoms with Gasteiger partial charge in [0.1, 0.15) is 23.6 Å². The van der Waals surface area contributed by atoms with Crippen molar-refractivity contribution < 1.29 is 19.0 Å². The van der Waals surface area contributed by atoms with Crippen molar-refractivity contribution in [3.63, 3.8) is 0 Å². The summed E-state index contributed by atoms with van der Waals surface area (Å²) in [5.74, 6) is 0.519. The van der Waals surface area contributed by atoms with E-state index in [1.807, 2.05) is 11.6 Å². The molecule has 0 radical (unpaired) electrons. The van der Waals surface area contributed by atoms with Crippen LogP contribution in [0.15, 0.2) is 48.7 Å². The fourth-order valence-corrected chi connectivity index (χ4v) is 4.61. The number of halogens is 2. The van der Waals surface area contributed by atoms with Crippen molar-refractivity contribution in [3.8, 4) is 5.88 Å². The third-order valence-electron chi connectivity index (χ3n) is 6.45. The average molecular weight is 510 g/mol. The van der Waals surface area contributed by atoms with E-state index in [2.05, 4.69) is 19.9 Å². The molecule has 5 rings (SSSR count). The summed E-state index contributed by atoms with van der Waals surface area (Å²) < 4.78 is 22.3. The van der Waals surface area contributed by atoms with Crippen LogP contribution in [0.1, 0.15) is 40.4 Å². The van der Waals surface area contributed by atoms with Crippen molar-refractivity contribution >= 4 is 28.6 Å². The Morgan fingerprint density at radius 1 is 1.17 bits per heavy atom. The SMILES string of the molecule is Cn1c(CN2CCC(Oc3ccnc(Cc4ccc(Cl)cc4F)n3)CC2)nc2cc(C(=O)O)ccc21. The summed E-state index contributed by atoms with van der Waals surface area (Å²) in [5.41, 5.74) is 2.30. The van der Waals surface area contributed by atoms with Crippen LogP contribution >= 0.6 is 11.6 Å². The summed E-state index contributed by atoms with van der Waals surface area (Å²) in [4.78, 5) is 27.0. The second-order valence-corrected chi connectivity index (χ2v) is 9.35. The number of hydrogen-bond acceptors (Lipinski definition) is 6. The zero-order valence-corrected chi connectivity index (χ0v) is 20.5. The van der Waals surface area contributed by atoms with Crippen molar-refractivity contribution in [1.82, 2.24) is 24.4 Å². The van der Waals surface area contributed by atoms with Crippen LogP contribution in [-0.4, -0.2) is 54.7 Å². The molecule has 1 aliphatic heterocycles. The van der Waals surface area contributed by atoms with Crippen molar-refractivity contribution in [2.24, 2.45) is 7.05 Å². The number of piperidine rings is 1. The molecule has 1 aliphatic rings. The molecule has 0 saturated carbocycles. The fourth-order valence-electron chi connectivity index (χ4n) is 4.45. The molecule has 4 aromatic rings. The lowest BCUT2D eigenvalue weighted by Gasteiger charge is -2.31. The smallest absolute Gasteiger partial charge is 0.335 e. The first kappa shape index (κ1) is 24.1. The van der Waals surface area contributed by atoms with Gasteiger partial charge in [-0.15, -0.1) is 0 Å². The van der Waals surface area contributed by atoms with Crippen LogP contribution in [0.25, 0.3) is 11.0 Å². The molecule has 8 nitrogen and oxygen atoms in total. The van der Waals surface area contributed by atoms with Gasteiger partial charge in [-0.1, -0.05) is 17.7 Å². The van der Waals surface area contributed by atoms with Crippen molar-refractivity contribution in [1.29, 1.82) is 0 Å². The predicted molar refractivity (Wildman–Crippen MR) is 133 cm³/mol. The molecule has 186 valence electrons. The number of rotatable bonds is 7. The van der Waals surface area contributed by atoms with Crippen LogP contribution < -0.4 is 4.74 Å². The van der Waals surface area contributed by atoms with Crippen LogP contribution in [-0.2, 0) is 20.0 Å². The van der Waals surface area contributed by atoms with Crippen molar-refractivity contribution in [2.75, 3.05) is 13.1 Å². The highest BCUT2D eigenvalue weighted by molar-refractivity contribution is 6.30. The quantitative estimate of drug-likeness (QED) is 0.392. The molecule has 1 saturated heterocycles. The minimum atomic E-state index is -0.959. The van der Waals surface area contributed by atoms with Gasteiger partial charge in [0.25, 0.3) is 0 Å². The summed E-state index contributed by atoms with van der Waals surface area (Å²) in [6.45, 7) is 2.34. The molecule has 2 aromatic heterocycles. The Labute approximate surface area is 212 Å². The molecule has 0 bridgehead atoms. The van der Waals surface area contributed by atoms with Crippen LogP contribution in [0, 0.1) is 5.82 Å². The third kappa shape index (κ3) is 5.32. The molecule has 1 N–H and O–H groups in total. The molecular formula is C26H25ClFN5O3. The summed E-state index contributed by atoms with van der Waals surface area (Å²) in [6, 6.07) is 11.3. The number of likely N-dealkylation sites (tertiary alicyclic amines) is 1. The lowest BCUT2D eigenvalue weighted by molar-refractivity contribution is 0.0697. The minimum Gasteiger partial charge on any atom is -0.478 e. The van der Waals surface area contributed by atoms with E-state index in [1.54, 1.807) is 42.6 Å². The van der Waals surface area contributed by atoms with E-state index < -0.39 is 5.97 Å². The number of aromatic nitrogens is 4. The highest BCUT2D eigenvalue weighted by Crippen LogP contribution is 2.22. The number of carboxylic acid groups (broad SMARTS) is 1. The highest BCUT2D eigenvalue weighted by Gasteiger charge is 2.23. The van der Waals surface area contributed by atoms with E-state index in [1.165, 1.54) is 6.07 Å². The van der Waals surface area contributed by atoms with E-state index in [0.717, 1.165) is 37.3 Å². The number of aryl methyl sites for hydroxylation is 1. The number of nitrogens with zero attached hydrogens (tertiary/aromatic N) is 5. The average Bonchev–Trinajstić information content (AvgIpc) is 3.17. The number of fused-ring (bicyclic) bond motifs is 1. The molecule has 36 heavy (non-hydrogen) atoms. The molecule has 0 aliphatic carbocycles. The summed E-state index contributed by atoms with van der Waals surface area (Å²) in [5, 5.41) is 9.58. The number of carboxylic acids is 1. The first-order valence-corrected chi connectivity index (χ1v) is 12.1. The maximum Gasteiger partial charge on any atom is 0.335 e. The van der Waals surface area contributed by atoms with Gasteiger partial charge in [0.15, 0.2) is 0 Å². The van der Waals surface area contributed by atoms with Gasteiger partial charge in [0.2, 0.25) is 5.88 Å². The second kappa shape index (κ2) is 10.2.